The van der Waals surface area contributed by atoms with Gasteiger partial charge in [0.15, 0.2) is 0 Å². The molecule has 6 heteroatoms. The van der Waals surface area contributed by atoms with E-state index in [2.05, 4.69) is 15.9 Å². The standard InChI is InChI=1S/C21H21BrFNO3/c1-14(25)13-21(17-5-9-19(23)10-6-17)11-12-24(20(26)27-21)15(2)16-3-7-18(22)8-4-16/h3-10,15H,11-13H2,1-2H3/t15-,21?/m0/s1. The van der Waals surface area contributed by atoms with Crippen LogP contribution >= 0.6 is 15.9 Å². The van der Waals surface area contributed by atoms with Gasteiger partial charge in [-0.2, -0.15) is 0 Å². The Morgan fingerprint density at radius 2 is 1.85 bits per heavy atom. The van der Waals surface area contributed by atoms with Crippen molar-refractivity contribution in [3.8, 4) is 0 Å². The van der Waals surface area contributed by atoms with Crippen molar-refractivity contribution in [1.29, 1.82) is 0 Å². The number of benzene rings is 2. The van der Waals surface area contributed by atoms with Gasteiger partial charge in [0.2, 0.25) is 0 Å². The molecule has 1 heterocycles. The average Bonchev–Trinajstić information content (AvgIpc) is 2.62. The number of hydrogen-bond acceptors (Lipinski definition) is 3. The zero-order valence-electron chi connectivity index (χ0n) is 15.2. The van der Waals surface area contributed by atoms with Crippen molar-refractivity contribution in [2.45, 2.75) is 38.3 Å². The van der Waals surface area contributed by atoms with Gasteiger partial charge in [-0.05, 0) is 49.2 Å². The van der Waals surface area contributed by atoms with E-state index in [-0.39, 0.29) is 24.1 Å². The van der Waals surface area contributed by atoms with Crippen LogP contribution in [-0.2, 0) is 15.1 Å². The van der Waals surface area contributed by atoms with E-state index in [4.69, 9.17) is 4.74 Å². The summed E-state index contributed by atoms with van der Waals surface area (Å²) in [5.41, 5.74) is 0.589. The van der Waals surface area contributed by atoms with E-state index in [9.17, 15) is 14.0 Å². The van der Waals surface area contributed by atoms with E-state index in [1.807, 2.05) is 31.2 Å². The number of Topliss-reactive ketones (excluding diaryl/α,β-unsaturated/α-hetero) is 1. The molecular formula is C21H21BrFNO3. The molecule has 1 aliphatic heterocycles. The number of ether oxygens (including phenoxy) is 1. The maximum Gasteiger partial charge on any atom is 0.411 e. The first-order valence-corrected chi connectivity index (χ1v) is 9.60. The lowest BCUT2D eigenvalue weighted by Crippen LogP contribution is -2.49. The Morgan fingerprint density at radius 3 is 2.41 bits per heavy atom. The van der Waals surface area contributed by atoms with E-state index >= 15 is 0 Å². The highest BCUT2D eigenvalue weighted by molar-refractivity contribution is 9.10. The van der Waals surface area contributed by atoms with E-state index in [0.29, 0.717) is 18.5 Å². The molecule has 27 heavy (non-hydrogen) atoms. The zero-order valence-corrected chi connectivity index (χ0v) is 16.8. The number of ketones is 1. The molecule has 142 valence electrons. The van der Waals surface area contributed by atoms with Gasteiger partial charge in [-0.1, -0.05) is 40.2 Å². The second-order valence-corrected chi connectivity index (χ2v) is 7.83. The van der Waals surface area contributed by atoms with Gasteiger partial charge >= 0.3 is 6.09 Å². The Hall–Kier alpha value is -2.21. The molecule has 0 aliphatic carbocycles. The lowest BCUT2D eigenvalue weighted by molar-refractivity contribution is -0.126. The SMILES string of the molecule is CC(=O)CC1(c2ccc(F)cc2)CCN([C@@H](C)c2ccc(Br)cc2)C(=O)O1. The number of amides is 1. The summed E-state index contributed by atoms with van der Waals surface area (Å²) >= 11 is 3.41. The van der Waals surface area contributed by atoms with Gasteiger partial charge in [0, 0.05) is 17.4 Å². The van der Waals surface area contributed by atoms with Gasteiger partial charge in [0.25, 0.3) is 0 Å². The molecule has 0 radical (unpaired) electrons. The van der Waals surface area contributed by atoms with Crippen LogP contribution < -0.4 is 0 Å². The number of hydrogen-bond donors (Lipinski definition) is 0. The van der Waals surface area contributed by atoms with Crippen LogP contribution in [0.2, 0.25) is 0 Å². The fraction of sp³-hybridized carbons (Fsp3) is 0.333. The second kappa shape index (κ2) is 7.80. The summed E-state index contributed by atoms with van der Waals surface area (Å²) in [7, 11) is 0. The normalized spacial score (nSPS) is 20.9. The maximum atomic E-state index is 13.3. The fourth-order valence-corrected chi connectivity index (χ4v) is 3.79. The first-order chi connectivity index (χ1) is 12.8. The van der Waals surface area contributed by atoms with E-state index < -0.39 is 11.7 Å². The molecule has 1 amide bonds. The number of nitrogens with zero attached hydrogens (tertiary/aromatic N) is 1. The number of rotatable bonds is 5. The van der Waals surface area contributed by atoms with Crippen molar-refractivity contribution in [1.82, 2.24) is 4.90 Å². The summed E-state index contributed by atoms with van der Waals surface area (Å²) < 4.78 is 20.1. The van der Waals surface area contributed by atoms with Gasteiger partial charge in [-0.3, -0.25) is 4.79 Å². The summed E-state index contributed by atoms with van der Waals surface area (Å²) in [6, 6.07) is 13.4. The molecule has 0 bridgehead atoms. The molecule has 0 aromatic heterocycles. The maximum absolute atomic E-state index is 13.3. The topological polar surface area (TPSA) is 46.6 Å². The first kappa shape index (κ1) is 19.5. The molecule has 3 rings (SSSR count). The lowest BCUT2D eigenvalue weighted by Gasteiger charge is -2.43. The monoisotopic (exact) mass is 433 g/mol. The summed E-state index contributed by atoms with van der Waals surface area (Å²) in [6.07, 6.45) is 0.0673. The summed E-state index contributed by atoms with van der Waals surface area (Å²) in [6.45, 7) is 3.86. The number of cyclic esters (lactones) is 1. The van der Waals surface area contributed by atoms with Crippen molar-refractivity contribution in [3.63, 3.8) is 0 Å². The summed E-state index contributed by atoms with van der Waals surface area (Å²) in [5, 5.41) is 0. The predicted molar refractivity (Wildman–Crippen MR) is 104 cm³/mol. The molecular weight excluding hydrogens is 413 g/mol. The highest BCUT2D eigenvalue weighted by atomic mass is 79.9. The molecule has 1 fully saturated rings. The molecule has 1 aliphatic rings. The van der Waals surface area contributed by atoms with Crippen LogP contribution in [0.25, 0.3) is 0 Å². The minimum absolute atomic E-state index is 0.0743. The van der Waals surface area contributed by atoms with Crippen LogP contribution in [0.15, 0.2) is 53.0 Å². The molecule has 0 spiro atoms. The van der Waals surface area contributed by atoms with Crippen LogP contribution in [-0.4, -0.2) is 23.3 Å². The van der Waals surface area contributed by atoms with Crippen molar-refractivity contribution in [2.24, 2.45) is 0 Å². The van der Waals surface area contributed by atoms with Gasteiger partial charge < -0.3 is 9.64 Å². The van der Waals surface area contributed by atoms with Gasteiger partial charge in [0.05, 0.1) is 12.5 Å². The van der Waals surface area contributed by atoms with Crippen LogP contribution in [0, 0.1) is 5.82 Å². The van der Waals surface area contributed by atoms with Gasteiger partial charge in [-0.25, -0.2) is 9.18 Å². The van der Waals surface area contributed by atoms with E-state index in [1.165, 1.54) is 19.1 Å². The Bertz CT molecular complexity index is 838. The molecule has 2 aromatic rings. The molecule has 4 nitrogen and oxygen atoms in total. The highest BCUT2D eigenvalue weighted by Gasteiger charge is 2.44. The lowest BCUT2D eigenvalue weighted by atomic mass is 9.84. The quantitative estimate of drug-likeness (QED) is 0.636. The highest BCUT2D eigenvalue weighted by Crippen LogP contribution is 2.39. The molecule has 2 aromatic carbocycles. The van der Waals surface area contributed by atoms with Gasteiger partial charge in [-0.15, -0.1) is 0 Å². The molecule has 0 N–H and O–H groups in total. The molecule has 1 saturated heterocycles. The molecule has 2 atom stereocenters. The summed E-state index contributed by atoms with van der Waals surface area (Å²) in [5.74, 6) is -0.453. The minimum atomic E-state index is -1.05. The Labute approximate surface area is 166 Å². The van der Waals surface area contributed by atoms with E-state index in [0.717, 1.165) is 10.0 Å². The Balaban J connectivity index is 1.85. The Morgan fingerprint density at radius 1 is 1.22 bits per heavy atom. The van der Waals surface area contributed by atoms with Gasteiger partial charge in [0.1, 0.15) is 17.2 Å². The van der Waals surface area contributed by atoms with Crippen LogP contribution in [0.1, 0.15) is 43.9 Å². The van der Waals surface area contributed by atoms with Crippen molar-refractivity contribution in [3.05, 3.63) is 69.9 Å². The number of halogens is 2. The third-order valence-electron chi connectivity index (χ3n) is 5.00. The van der Waals surface area contributed by atoms with Crippen molar-refractivity contribution in [2.75, 3.05) is 6.54 Å². The van der Waals surface area contributed by atoms with Crippen LogP contribution in [0.4, 0.5) is 9.18 Å². The predicted octanol–water partition coefficient (Wildman–Crippen LogP) is 5.37. The van der Waals surface area contributed by atoms with Crippen molar-refractivity contribution < 1.29 is 18.7 Å². The largest absolute Gasteiger partial charge is 0.437 e. The fourth-order valence-electron chi connectivity index (χ4n) is 3.53. The third kappa shape index (κ3) is 4.21. The van der Waals surface area contributed by atoms with Crippen LogP contribution in [0.3, 0.4) is 0 Å². The smallest absolute Gasteiger partial charge is 0.411 e. The zero-order chi connectivity index (χ0) is 19.6. The van der Waals surface area contributed by atoms with Crippen molar-refractivity contribution >= 4 is 27.8 Å². The van der Waals surface area contributed by atoms with Crippen LogP contribution in [0.5, 0.6) is 0 Å². The second-order valence-electron chi connectivity index (χ2n) is 6.92. The summed E-state index contributed by atoms with van der Waals surface area (Å²) in [4.78, 5) is 26.3. The average molecular weight is 434 g/mol. The molecule has 1 unspecified atom stereocenters. The Kier molecular flexibility index (Phi) is 5.65. The third-order valence-corrected chi connectivity index (χ3v) is 5.53. The number of carbonyl (C=O) groups is 2. The molecule has 0 saturated carbocycles. The van der Waals surface area contributed by atoms with E-state index in [1.54, 1.807) is 17.0 Å². The first-order valence-electron chi connectivity index (χ1n) is 8.81. The minimum Gasteiger partial charge on any atom is -0.437 e. The number of carbonyl (C=O) groups excluding carboxylic acids is 2.